The fraction of sp³-hybridized carbons (Fsp3) is 0.421. The first kappa shape index (κ1) is 17.0. The minimum absolute atomic E-state index is 0.470. The minimum Gasteiger partial charge on any atom is -0.355 e. The molecule has 0 radical (unpaired) electrons. The van der Waals surface area contributed by atoms with Gasteiger partial charge in [-0.2, -0.15) is 11.3 Å². The SMILES string of the molecule is CN=C(NCc1ccsc1)NCC(C)N1CCc2ccccc2C1. The molecule has 1 aliphatic heterocycles. The second-order valence-corrected chi connectivity index (χ2v) is 7.06. The summed E-state index contributed by atoms with van der Waals surface area (Å²) in [4.78, 5) is 6.86. The van der Waals surface area contributed by atoms with Gasteiger partial charge in [-0.3, -0.25) is 9.89 Å². The highest BCUT2D eigenvalue weighted by atomic mass is 32.1. The highest BCUT2D eigenvalue weighted by Gasteiger charge is 2.20. The molecule has 24 heavy (non-hydrogen) atoms. The molecule has 0 bridgehead atoms. The zero-order valence-electron chi connectivity index (χ0n) is 14.5. The van der Waals surface area contributed by atoms with Crippen molar-refractivity contribution in [2.24, 2.45) is 4.99 Å². The third-order valence-electron chi connectivity index (χ3n) is 4.61. The first-order valence-corrected chi connectivity index (χ1v) is 9.47. The van der Waals surface area contributed by atoms with Crippen LogP contribution in [0.25, 0.3) is 0 Å². The molecule has 2 N–H and O–H groups in total. The van der Waals surface area contributed by atoms with Crippen molar-refractivity contribution in [3.8, 4) is 0 Å². The summed E-state index contributed by atoms with van der Waals surface area (Å²) in [7, 11) is 1.82. The Morgan fingerprint density at radius 1 is 1.25 bits per heavy atom. The van der Waals surface area contributed by atoms with Gasteiger partial charge in [-0.25, -0.2) is 0 Å². The van der Waals surface area contributed by atoms with Crippen LogP contribution in [0.4, 0.5) is 0 Å². The molecule has 0 saturated heterocycles. The van der Waals surface area contributed by atoms with Crippen LogP contribution in [0.1, 0.15) is 23.6 Å². The van der Waals surface area contributed by atoms with E-state index < -0.39 is 0 Å². The molecule has 2 aromatic rings. The van der Waals surface area contributed by atoms with Crippen molar-refractivity contribution < 1.29 is 0 Å². The molecular weight excluding hydrogens is 316 g/mol. The third-order valence-corrected chi connectivity index (χ3v) is 5.34. The average molecular weight is 343 g/mol. The van der Waals surface area contributed by atoms with Crippen LogP contribution in [0.15, 0.2) is 46.1 Å². The van der Waals surface area contributed by atoms with Crippen molar-refractivity contribution >= 4 is 17.3 Å². The fourth-order valence-electron chi connectivity index (χ4n) is 3.07. The summed E-state index contributed by atoms with van der Waals surface area (Å²) in [5, 5.41) is 11.1. The predicted molar refractivity (Wildman–Crippen MR) is 103 cm³/mol. The van der Waals surface area contributed by atoms with Crippen molar-refractivity contribution in [3.63, 3.8) is 0 Å². The van der Waals surface area contributed by atoms with E-state index in [9.17, 15) is 0 Å². The molecule has 1 aromatic carbocycles. The molecule has 1 aromatic heterocycles. The Hall–Kier alpha value is -1.85. The lowest BCUT2D eigenvalue weighted by Gasteiger charge is -2.34. The van der Waals surface area contributed by atoms with E-state index in [2.05, 4.69) is 68.5 Å². The number of rotatable bonds is 5. The zero-order valence-corrected chi connectivity index (χ0v) is 15.3. The Kier molecular flexibility index (Phi) is 5.88. The number of fused-ring (bicyclic) bond motifs is 1. The van der Waals surface area contributed by atoms with Crippen molar-refractivity contribution in [2.45, 2.75) is 32.5 Å². The van der Waals surface area contributed by atoms with E-state index in [1.54, 1.807) is 11.3 Å². The van der Waals surface area contributed by atoms with E-state index in [0.717, 1.165) is 38.6 Å². The quantitative estimate of drug-likeness (QED) is 0.648. The van der Waals surface area contributed by atoms with E-state index in [1.165, 1.54) is 16.7 Å². The molecule has 2 heterocycles. The topological polar surface area (TPSA) is 39.7 Å². The van der Waals surface area contributed by atoms with E-state index >= 15 is 0 Å². The Labute approximate surface area is 148 Å². The Morgan fingerprint density at radius 2 is 2.08 bits per heavy atom. The lowest BCUT2D eigenvalue weighted by molar-refractivity contribution is 0.191. The van der Waals surface area contributed by atoms with E-state index in [1.807, 2.05) is 7.05 Å². The third kappa shape index (κ3) is 4.36. The Balaban J connectivity index is 1.47. The number of benzene rings is 1. The Morgan fingerprint density at radius 3 is 2.83 bits per heavy atom. The van der Waals surface area contributed by atoms with Crippen LogP contribution >= 0.6 is 11.3 Å². The van der Waals surface area contributed by atoms with Gasteiger partial charge < -0.3 is 10.6 Å². The van der Waals surface area contributed by atoms with Crippen LogP contribution < -0.4 is 10.6 Å². The number of aliphatic imine (C=N–C) groups is 1. The van der Waals surface area contributed by atoms with Crippen LogP contribution in [0.3, 0.4) is 0 Å². The van der Waals surface area contributed by atoms with E-state index in [-0.39, 0.29) is 0 Å². The van der Waals surface area contributed by atoms with Crippen molar-refractivity contribution in [3.05, 3.63) is 57.8 Å². The largest absolute Gasteiger partial charge is 0.355 e. The second-order valence-electron chi connectivity index (χ2n) is 6.28. The second kappa shape index (κ2) is 8.31. The standard InChI is InChI=1S/C19H26N4S/c1-15(23-9-7-17-5-3-4-6-18(17)13-23)11-21-19(20-2)22-12-16-8-10-24-14-16/h3-6,8,10,14-15H,7,9,11-13H2,1-2H3,(H2,20,21,22). The summed E-state index contributed by atoms with van der Waals surface area (Å²) < 4.78 is 0. The van der Waals surface area contributed by atoms with Crippen LogP contribution in [-0.2, 0) is 19.5 Å². The molecular formula is C19H26N4S. The summed E-state index contributed by atoms with van der Waals surface area (Å²) in [5.74, 6) is 0.866. The molecule has 0 amide bonds. The summed E-state index contributed by atoms with van der Waals surface area (Å²) in [6.45, 7) is 6.16. The highest BCUT2D eigenvalue weighted by Crippen LogP contribution is 2.19. The smallest absolute Gasteiger partial charge is 0.191 e. The van der Waals surface area contributed by atoms with Gasteiger partial charge in [-0.15, -0.1) is 0 Å². The molecule has 0 spiro atoms. The van der Waals surface area contributed by atoms with Gasteiger partial charge in [0.15, 0.2) is 5.96 Å². The molecule has 0 aliphatic carbocycles. The first-order chi connectivity index (χ1) is 11.8. The number of hydrogen-bond acceptors (Lipinski definition) is 3. The predicted octanol–water partition coefficient (Wildman–Crippen LogP) is 2.86. The maximum absolute atomic E-state index is 4.32. The van der Waals surface area contributed by atoms with Gasteiger partial charge in [0.2, 0.25) is 0 Å². The molecule has 0 saturated carbocycles. The van der Waals surface area contributed by atoms with Crippen LogP contribution in [0.2, 0.25) is 0 Å². The molecule has 1 atom stereocenters. The molecule has 4 nitrogen and oxygen atoms in total. The molecule has 3 rings (SSSR count). The summed E-state index contributed by atoms with van der Waals surface area (Å²) in [5.41, 5.74) is 4.27. The van der Waals surface area contributed by atoms with Crippen LogP contribution in [-0.4, -0.2) is 37.0 Å². The molecule has 1 unspecified atom stereocenters. The van der Waals surface area contributed by atoms with Crippen molar-refractivity contribution in [1.29, 1.82) is 0 Å². The maximum atomic E-state index is 4.32. The molecule has 5 heteroatoms. The van der Waals surface area contributed by atoms with Gasteiger partial charge >= 0.3 is 0 Å². The average Bonchev–Trinajstić information content (AvgIpc) is 3.14. The zero-order chi connectivity index (χ0) is 16.8. The number of nitrogens with zero attached hydrogens (tertiary/aromatic N) is 2. The monoisotopic (exact) mass is 342 g/mol. The van der Waals surface area contributed by atoms with E-state index in [0.29, 0.717) is 6.04 Å². The van der Waals surface area contributed by atoms with Crippen LogP contribution in [0, 0.1) is 0 Å². The van der Waals surface area contributed by atoms with Crippen molar-refractivity contribution in [2.75, 3.05) is 20.1 Å². The number of hydrogen-bond donors (Lipinski definition) is 2. The van der Waals surface area contributed by atoms with Gasteiger partial charge in [0.25, 0.3) is 0 Å². The fourth-order valence-corrected chi connectivity index (χ4v) is 3.74. The normalized spacial score (nSPS) is 16.5. The molecule has 0 fully saturated rings. The highest BCUT2D eigenvalue weighted by molar-refractivity contribution is 7.07. The summed E-state index contributed by atoms with van der Waals surface area (Å²) >= 11 is 1.72. The number of thiophene rings is 1. The van der Waals surface area contributed by atoms with E-state index in [4.69, 9.17) is 0 Å². The van der Waals surface area contributed by atoms with Crippen molar-refractivity contribution in [1.82, 2.24) is 15.5 Å². The first-order valence-electron chi connectivity index (χ1n) is 8.52. The Bertz CT molecular complexity index is 666. The minimum atomic E-state index is 0.470. The van der Waals surface area contributed by atoms with Gasteiger partial charge in [0, 0.05) is 39.3 Å². The molecule has 1 aliphatic rings. The summed E-state index contributed by atoms with van der Waals surface area (Å²) in [6, 6.07) is 11.4. The number of guanidine groups is 1. The summed E-state index contributed by atoms with van der Waals surface area (Å²) in [6.07, 6.45) is 1.14. The van der Waals surface area contributed by atoms with Gasteiger partial charge in [-0.1, -0.05) is 24.3 Å². The lowest BCUT2D eigenvalue weighted by Crippen LogP contribution is -2.47. The van der Waals surface area contributed by atoms with Crippen LogP contribution in [0.5, 0.6) is 0 Å². The van der Waals surface area contributed by atoms with Gasteiger partial charge in [-0.05, 0) is 46.9 Å². The lowest BCUT2D eigenvalue weighted by atomic mass is 9.99. The number of nitrogens with one attached hydrogen (secondary N) is 2. The van der Waals surface area contributed by atoms with Gasteiger partial charge in [0.05, 0.1) is 0 Å². The maximum Gasteiger partial charge on any atom is 0.191 e. The van der Waals surface area contributed by atoms with Gasteiger partial charge in [0.1, 0.15) is 0 Å². The molecule has 128 valence electrons.